The van der Waals surface area contributed by atoms with Crippen LogP contribution in [-0.2, 0) is 12.8 Å². The largest absolute Gasteiger partial charge is 0.478 e. The van der Waals surface area contributed by atoms with Gasteiger partial charge in [0.25, 0.3) is 0 Å². The minimum atomic E-state index is -0.931. The van der Waals surface area contributed by atoms with Gasteiger partial charge in [0.1, 0.15) is 6.10 Å². The van der Waals surface area contributed by atoms with Crippen molar-refractivity contribution in [3.8, 4) is 0 Å². The average Bonchev–Trinajstić information content (AvgIpc) is 2.57. The van der Waals surface area contributed by atoms with Gasteiger partial charge in [0.15, 0.2) is 0 Å². The van der Waals surface area contributed by atoms with Gasteiger partial charge >= 0.3 is 5.97 Å². The number of hydrogen-bond acceptors (Lipinski definition) is 2. The average molecular weight is 254 g/mol. The summed E-state index contributed by atoms with van der Waals surface area (Å²) in [4.78, 5) is 11.0. The van der Waals surface area contributed by atoms with Crippen LogP contribution in [0.3, 0.4) is 0 Å². The predicted molar refractivity (Wildman–Crippen MR) is 71.3 cm³/mol. The van der Waals surface area contributed by atoms with E-state index in [-0.39, 0.29) is 5.56 Å². The van der Waals surface area contributed by atoms with Crippen LogP contribution in [0.5, 0.6) is 0 Å². The molecule has 0 aromatic heterocycles. The van der Waals surface area contributed by atoms with Gasteiger partial charge in [-0.05, 0) is 47.2 Å². The molecule has 1 aliphatic carbocycles. The van der Waals surface area contributed by atoms with E-state index in [1.165, 1.54) is 0 Å². The van der Waals surface area contributed by atoms with Crippen molar-refractivity contribution in [2.24, 2.45) is 0 Å². The van der Waals surface area contributed by atoms with Gasteiger partial charge in [-0.2, -0.15) is 0 Å². The maximum atomic E-state index is 11.0. The zero-order chi connectivity index (χ0) is 13.4. The molecule has 0 saturated heterocycles. The van der Waals surface area contributed by atoms with E-state index in [0.29, 0.717) is 0 Å². The molecule has 1 atom stereocenters. The van der Waals surface area contributed by atoms with Gasteiger partial charge in [-0.15, -0.1) is 0 Å². The molecule has 1 unspecified atom stereocenters. The molecule has 2 aromatic carbocycles. The zero-order valence-electron chi connectivity index (χ0n) is 10.3. The fraction of sp³-hybridized carbons (Fsp3) is 0.188. The molecule has 0 fully saturated rings. The van der Waals surface area contributed by atoms with Crippen LogP contribution >= 0.6 is 0 Å². The van der Waals surface area contributed by atoms with Crippen LogP contribution in [0.25, 0.3) is 0 Å². The summed E-state index contributed by atoms with van der Waals surface area (Å²) >= 11 is 0. The number of benzene rings is 2. The second-order valence-corrected chi connectivity index (χ2v) is 4.82. The molecule has 2 N–H and O–H groups in total. The van der Waals surface area contributed by atoms with Crippen LogP contribution < -0.4 is 0 Å². The minimum absolute atomic E-state index is 0.275. The molecule has 2 aromatic rings. The Kier molecular flexibility index (Phi) is 2.84. The molecule has 0 aliphatic heterocycles. The van der Waals surface area contributed by atoms with E-state index in [9.17, 15) is 9.90 Å². The van der Waals surface area contributed by atoms with Crippen molar-refractivity contribution in [3.05, 3.63) is 70.3 Å². The van der Waals surface area contributed by atoms with Crippen molar-refractivity contribution in [1.29, 1.82) is 0 Å². The Morgan fingerprint density at radius 2 is 1.68 bits per heavy atom. The highest BCUT2D eigenvalue weighted by Crippen LogP contribution is 2.32. The number of fused-ring (bicyclic) bond motifs is 2. The van der Waals surface area contributed by atoms with E-state index >= 15 is 0 Å². The number of rotatable bonds is 1. The van der Waals surface area contributed by atoms with Gasteiger partial charge in [0, 0.05) is 0 Å². The van der Waals surface area contributed by atoms with Crippen LogP contribution in [0.1, 0.15) is 38.7 Å². The highest BCUT2D eigenvalue weighted by atomic mass is 16.4. The number of carbonyl (C=O) groups is 1. The first-order valence-corrected chi connectivity index (χ1v) is 6.29. The summed E-state index contributed by atoms with van der Waals surface area (Å²) < 4.78 is 0. The van der Waals surface area contributed by atoms with Crippen LogP contribution in [-0.4, -0.2) is 16.2 Å². The lowest BCUT2D eigenvalue weighted by atomic mass is 9.96. The van der Waals surface area contributed by atoms with Gasteiger partial charge in [-0.3, -0.25) is 0 Å². The zero-order valence-corrected chi connectivity index (χ0v) is 10.3. The fourth-order valence-corrected chi connectivity index (χ4v) is 2.69. The maximum Gasteiger partial charge on any atom is 0.335 e. The van der Waals surface area contributed by atoms with Crippen molar-refractivity contribution in [2.45, 2.75) is 18.9 Å². The molecule has 0 amide bonds. The van der Waals surface area contributed by atoms with Crippen LogP contribution in [0, 0.1) is 0 Å². The first-order chi connectivity index (χ1) is 9.16. The number of aromatic carboxylic acids is 1. The molecule has 96 valence electrons. The molecule has 3 heteroatoms. The summed E-state index contributed by atoms with van der Waals surface area (Å²) in [6.45, 7) is 0. The third-order valence-electron chi connectivity index (χ3n) is 3.70. The monoisotopic (exact) mass is 254 g/mol. The SMILES string of the molecule is O=C(O)c1ccc2c(c1)CCc1ccccc1C2O. The van der Waals surface area contributed by atoms with Crippen LogP contribution in [0.4, 0.5) is 0 Å². The normalized spacial score (nSPS) is 17.2. The van der Waals surface area contributed by atoms with Crippen LogP contribution in [0.15, 0.2) is 42.5 Å². The third-order valence-corrected chi connectivity index (χ3v) is 3.70. The summed E-state index contributed by atoms with van der Waals surface area (Å²) in [6.07, 6.45) is 0.907. The highest BCUT2D eigenvalue weighted by Gasteiger charge is 2.22. The minimum Gasteiger partial charge on any atom is -0.478 e. The Morgan fingerprint density at radius 3 is 2.47 bits per heavy atom. The van der Waals surface area contributed by atoms with Crippen molar-refractivity contribution < 1.29 is 15.0 Å². The summed E-state index contributed by atoms with van der Waals surface area (Å²) in [6, 6.07) is 12.8. The second kappa shape index (κ2) is 4.52. The first kappa shape index (κ1) is 11.9. The van der Waals surface area contributed by atoms with Crippen molar-refractivity contribution in [1.82, 2.24) is 0 Å². The molecule has 19 heavy (non-hydrogen) atoms. The Balaban J connectivity index is 2.12. The first-order valence-electron chi connectivity index (χ1n) is 6.29. The summed E-state index contributed by atoms with van der Waals surface area (Å²) in [7, 11) is 0. The Labute approximate surface area is 111 Å². The van der Waals surface area contributed by atoms with E-state index in [1.807, 2.05) is 24.3 Å². The summed E-state index contributed by atoms with van der Waals surface area (Å²) in [5.74, 6) is -0.931. The third kappa shape index (κ3) is 2.02. The Hall–Kier alpha value is -2.13. The van der Waals surface area contributed by atoms with Gasteiger partial charge in [-0.25, -0.2) is 4.79 Å². The lowest BCUT2D eigenvalue weighted by Gasteiger charge is -2.14. The van der Waals surface area contributed by atoms with Gasteiger partial charge in [0.05, 0.1) is 5.56 Å². The van der Waals surface area contributed by atoms with E-state index in [1.54, 1.807) is 18.2 Å². The highest BCUT2D eigenvalue weighted by molar-refractivity contribution is 5.88. The van der Waals surface area contributed by atoms with E-state index in [0.717, 1.165) is 35.1 Å². The molecular formula is C16H14O3. The topological polar surface area (TPSA) is 57.5 Å². The molecule has 0 radical (unpaired) electrons. The van der Waals surface area contributed by atoms with Gasteiger partial charge < -0.3 is 10.2 Å². The molecule has 0 saturated carbocycles. The van der Waals surface area contributed by atoms with E-state index < -0.39 is 12.1 Å². The number of hydrogen-bond donors (Lipinski definition) is 2. The number of carboxylic acid groups (broad SMARTS) is 1. The number of aliphatic hydroxyl groups excluding tert-OH is 1. The maximum absolute atomic E-state index is 11.0. The van der Waals surface area contributed by atoms with Crippen molar-refractivity contribution >= 4 is 5.97 Å². The molecular weight excluding hydrogens is 240 g/mol. The Bertz CT molecular complexity index is 646. The second-order valence-electron chi connectivity index (χ2n) is 4.82. The Morgan fingerprint density at radius 1 is 1.00 bits per heavy atom. The van der Waals surface area contributed by atoms with Crippen molar-refractivity contribution in [2.75, 3.05) is 0 Å². The summed E-state index contributed by atoms with van der Waals surface area (Å²) in [5, 5.41) is 19.5. The molecule has 3 nitrogen and oxygen atoms in total. The lowest BCUT2D eigenvalue weighted by Crippen LogP contribution is -2.04. The molecule has 0 spiro atoms. The standard InChI is InChI=1S/C16H14O3/c17-15-13-4-2-1-3-10(13)5-6-11-9-12(16(18)19)7-8-14(11)15/h1-4,7-9,15,17H,5-6H2,(H,18,19). The molecule has 0 heterocycles. The van der Waals surface area contributed by atoms with Gasteiger partial charge in [0.2, 0.25) is 0 Å². The van der Waals surface area contributed by atoms with E-state index in [2.05, 4.69) is 0 Å². The molecule has 3 rings (SSSR count). The summed E-state index contributed by atoms with van der Waals surface area (Å²) in [5.41, 5.74) is 4.06. The number of aryl methyl sites for hydroxylation is 2. The van der Waals surface area contributed by atoms with E-state index in [4.69, 9.17) is 5.11 Å². The predicted octanol–water partition coefficient (Wildman–Crippen LogP) is 2.57. The lowest BCUT2D eigenvalue weighted by molar-refractivity contribution is 0.0696. The van der Waals surface area contributed by atoms with Crippen LogP contribution in [0.2, 0.25) is 0 Å². The fourth-order valence-electron chi connectivity index (χ4n) is 2.69. The number of aliphatic hydroxyl groups is 1. The quantitative estimate of drug-likeness (QED) is 0.822. The smallest absolute Gasteiger partial charge is 0.335 e. The number of carboxylic acids is 1. The molecule has 0 bridgehead atoms. The van der Waals surface area contributed by atoms with Crippen molar-refractivity contribution in [3.63, 3.8) is 0 Å². The van der Waals surface area contributed by atoms with Gasteiger partial charge in [-0.1, -0.05) is 30.3 Å². The molecule has 1 aliphatic rings.